The van der Waals surface area contributed by atoms with Gasteiger partial charge in [0, 0.05) is 10.6 Å². The van der Waals surface area contributed by atoms with Crippen LogP contribution >= 0.6 is 11.6 Å². The van der Waals surface area contributed by atoms with Crippen molar-refractivity contribution in [3.63, 3.8) is 0 Å². The van der Waals surface area contributed by atoms with Crippen molar-refractivity contribution in [1.29, 1.82) is 0 Å². The molecule has 4 heteroatoms. The highest BCUT2D eigenvalue weighted by atomic mass is 35.5. The molecule has 1 saturated heterocycles. The third-order valence-electron chi connectivity index (χ3n) is 3.59. The molecule has 1 aliphatic heterocycles. The van der Waals surface area contributed by atoms with Crippen LogP contribution in [0, 0.1) is 0 Å². The molecule has 3 nitrogen and oxygen atoms in total. The molecule has 0 aliphatic carbocycles. The Bertz CT molecular complexity index is 682. The van der Waals surface area contributed by atoms with E-state index >= 15 is 0 Å². The maximum Gasteiger partial charge on any atom is 0.194 e. The zero-order valence-corrected chi connectivity index (χ0v) is 13.2. The van der Waals surface area contributed by atoms with Gasteiger partial charge in [-0.05, 0) is 31.5 Å². The minimum Gasteiger partial charge on any atom is -0.339 e. The SMILES string of the molecule is CC1(C)O[C@H](C(=O)c2ccccc2)[C@@H](c2cccc(Cl)c2)O1. The number of carbonyl (C=O) groups is 1. The molecule has 0 saturated carbocycles. The molecule has 0 aromatic heterocycles. The number of ketones is 1. The standard InChI is InChI=1S/C18H17ClO3/c1-18(2)21-16(13-9-6-10-14(19)11-13)17(22-18)15(20)12-7-4-3-5-8-12/h3-11,16-17H,1-2H3/t16-,17-/m1/s1. The van der Waals surface area contributed by atoms with Gasteiger partial charge in [-0.1, -0.05) is 54.1 Å². The predicted molar refractivity (Wildman–Crippen MR) is 85.0 cm³/mol. The Hall–Kier alpha value is -1.68. The van der Waals surface area contributed by atoms with Crippen molar-refractivity contribution in [3.05, 3.63) is 70.7 Å². The maximum atomic E-state index is 12.8. The number of benzene rings is 2. The fraction of sp³-hybridized carbons (Fsp3) is 0.278. The maximum absolute atomic E-state index is 12.8. The minimum atomic E-state index is -0.817. The largest absolute Gasteiger partial charge is 0.339 e. The highest BCUT2D eigenvalue weighted by Crippen LogP contribution is 2.40. The summed E-state index contributed by atoms with van der Waals surface area (Å²) < 4.78 is 11.8. The quantitative estimate of drug-likeness (QED) is 0.787. The van der Waals surface area contributed by atoms with E-state index in [1.807, 2.05) is 50.2 Å². The summed E-state index contributed by atoms with van der Waals surface area (Å²) in [6.07, 6.45) is -1.16. The summed E-state index contributed by atoms with van der Waals surface area (Å²) in [6.45, 7) is 3.62. The lowest BCUT2D eigenvalue weighted by atomic mass is 9.97. The summed E-state index contributed by atoms with van der Waals surface area (Å²) >= 11 is 6.06. The minimum absolute atomic E-state index is 0.0869. The molecule has 0 radical (unpaired) electrons. The first kappa shape index (κ1) is 15.2. The number of halogens is 1. The molecule has 0 bridgehead atoms. The normalized spacial score (nSPS) is 23.4. The molecular formula is C18H17ClO3. The van der Waals surface area contributed by atoms with Crippen LogP contribution in [-0.4, -0.2) is 17.7 Å². The number of ether oxygens (including phenoxy) is 2. The van der Waals surface area contributed by atoms with Gasteiger partial charge < -0.3 is 9.47 Å². The van der Waals surface area contributed by atoms with Gasteiger partial charge in [0.1, 0.15) is 6.10 Å². The molecule has 0 spiro atoms. The molecule has 0 N–H and O–H groups in total. The molecular weight excluding hydrogens is 300 g/mol. The van der Waals surface area contributed by atoms with Crippen LogP contribution in [0.3, 0.4) is 0 Å². The van der Waals surface area contributed by atoms with Crippen LogP contribution in [0.2, 0.25) is 5.02 Å². The molecule has 1 aliphatic rings. The van der Waals surface area contributed by atoms with Crippen molar-refractivity contribution in [2.75, 3.05) is 0 Å². The van der Waals surface area contributed by atoms with E-state index in [4.69, 9.17) is 21.1 Å². The fourth-order valence-electron chi connectivity index (χ4n) is 2.65. The average Bonchev–Trinajstić information content (AvgIpc) is 2.83. The van der Waals surface area contributed by atoms with Crippen LogP contribution in [0.15, 0.2) is 54.6 Å². The molecule has 2 atom stereocenters. The Morgan fingerprint density at radius 3 is 2.45 bits per heavy atom. The van der Waals surface area contributed by atoms with Gasteiger partial charge in [0.2, 0.25) is 0 Å². The predicted octanol–water partition coefficient (Wildman–Crippen LogP) is 4.42. The van der Waals surface area contributed by atoms with Gasteiger partial charge in [-0.15, -0.1) is 0 Å². The van der Waals surface area contributed by atoms with E-state index in [0.717, 1.165) is 5.56 Å². The highest BCUT2D eigenvalue weighted by molar-refractivity contribution is 6.30. The van der Waals surface area contributed by atoms with E-state index < -0.39 is 18.0 Å². The Labute approximate surface area is 134 Å². The smallest absolute Gasteiger partial charge is 0.194 e. The summed E-state index contributed by atoms with van der Waals surface area (Å²) in [5, 5.41) is 0.608. The number of hydrogen-bond donors (Lipinski definition) is 0. The number of Topliss-reactive ketones (excluding diaryl/α,β-unsaturated/α-hetero) is 1. The van der Waals surface area contributed by atoms with Gasteiger partial charge in [-0.2, -0.15) is 0 Å². The van der Waals surface area contributed by atoms with E-state index in [1.165, 1.54) is 0 Å². The van der Waals surface area contributed by atoms with Crippen LogP contribution in [0.1, 0.15) is 35.9 Å². The van der Waals surface area contributed by atoms with Gasteiger partial charge >= 0.3 is 0 Å². The van der Waals surface area contributed by atoms with E-state index in [-0.39, 0.29) is 5.78 Å². The summed E-state index contributed by atoms with van der Waals surface area (Å²) in [6, 6.07) is 16.5. The fourth-order valence-corrected chi connectivity index (χ4v) is 2.85. The van der Waals surface area contributed by atoms with Crippen molar-refractivity contribution >= 4 is 17.4 Å². The molecule has 114 valence electrons. The zero-order chi connectivity index (χ0) is 15.7. The Morgan fingerprint density at radius 1 is 1.05 bits per heavy atom. The summed E-state index contributed by atoms with van der Waals surface area (Å²) in [4.78, 5) is 12.8. The Morgan fingerprint density at radius 2 is 1.77 bits per heavy atom. The summed E-state index contributed by atoms with van der Waals surface area (Å²) in [5.41, 5.74) is 1.45. The van der Waals surface area contributed by atoms with Crippen LogP contribution in [0.4, 0.5) is 0 Å². The van der Waals surface area contributed by atoms with Gasteiger partial charge in [-0.3, -0.25) is 4.79 Å². The monoisotopic (exact) mass is 316 g/mol. The van der Waals surface area contributed by atoms with Gasteiger partial charge in [0.25, 0.3) is 0 Å². The Balaban J connectivity index is 1.95. The van der Waals surface area contributed by atoms with Crippen molar-refractivity contribution in [3.8, 4) is 0 Å². The molecule has 22 heavy (non-hydrogen) atoms. The van der Waals surface area contributed by atoms with E-state index in [1.54, 1.807) is 18.2 Å². The van der Waals surface area contributed by atoms with Crippen LogP contribution in [0.5, 0.6) is 0 Å². The molecule has 0 amide bonds. The molecule has 2 aromatic carbocycles. The summed E-state index contributed by atoms with van der Waals surface area (Å²) in [5.74, 6) is -0.904. The van der Waals surface area contributed by atoms with Crippen molar-refractivity contribution in [2.45, 2.75) is 31.8 Å². The van der Waals surface area contributed by atoms with Gasteiger partial charge in [-0.25, -0.2) is 0 Å². The zero-order valence-electron chi connectivity index (χ0n) is 12.5. The van der Waals surface area contributed by atoms with Gasteiger partial charge in [0.05, 0.1) is 0 Å². The van der Waals surface area contributed by atoms with Crippen molar-refractivity contribution in [1.82, 2.24) is 0 Å². The van der Waals surface area contributed by atoms with Crippen LogP contribution in [0.25, 0.3) is 0 Å². The second-order valence-corrected chi connectivity index (χ2v) is 6.20. The summed E-state index contributed by atoms with van der Waals surface area (Å²) in [7, 11) is 0. The lowest BCUT2D eigenvalue weighted by Crippen LogP contribution is -2.28. The lowest BCUT2D eigenvalue weighted by Gasteiger charge is -2.17. The highest BCUT2D eigenvalue weighted by Gasteiger charge is 2.46. The van der Waals surface area contributed by atoms with Crippen molar-refractivity contribution < 1.29 is 14.3 Å². The molecule has 1 fully saturated rings. The van der Waals surface area contributed by atoms with E-state index in [0.29, 0.717) is 10.6 Å². The molecule has 1 heterocycles. The van der Waals surface area contributed by atoms with Crippen molar-refractivity contribution in [2.24, 2.45) is 0 Å². The first-order chi connectivity index (χ1) is 10.5. The molecule has 0 unspecified atom stereocenters. The lowest BCUT2D eigenvalue weighted by molar-refractivity contribution is -0.143. The number of hydrogen-bond acceptors (Lipinski definition) is 3. The van der Waals surface area contributed by atoms with E-state index in [2.05, 4.69) is 0 Å². The topological polar surface area (TPSA) is 35.5 Å². The second kappa shape index (κ2) is 5.84. The van der Waals surface area contributed by atoms with E-state index in [9.17, 15) is 4.79 Å². The first-order valence-corrected chi connectivity index (χ1v) is 7.54. The second-order valence-electron chi connectivity index (χ2n) is 5.76. The molecule has 3 rings (SSSR count). The average molecular weight is 317 g/mol. The molecule has 2 aromatic rings. The van der Waals surface area contributed by atoms with Crippen LogP contribution in [-0.2, 0) is 9.47 Å². The number of carbonyl (C=O) groups excluding carboxylic acids is 1. The number of rotatable bonds is 3. The third-order valence-corrected chi connectivity index (χ3v) is 3.83. The third kappa shape index (κ3) is 3.07. The van der Waals surface area contributed by atoms with Gasteiger partial charge in [0.15, 0.2) is 17.7 Å². The first-order valence-electron chi connectivity index (χ1n) is 7.17. The van der Waals surface area contributed by atoms with Crippen LogP contribution < -0.4 is 0 Å². The Kier molecular flexibility index (Phi) is 4.04.